The Labute approximate surface area is 206 Å². The summed E-state index contributed by atoms with van der Waals surface area (Å²) in [4.78, 5) is 11.8. The molecule has 0 saturated carbocycles. The van der Waals surface area contributed by atoms with E-state index in [1.807, 2.05) is 17.5 Å². The summed E-state index contributed by atoms with van der Waals surface area (Å²) in [5, 5.41) is 29.1. The molecule has 3 aromatic rings. The highest BCUT2D eigenvalue weighted by Crippen LogP contribution is 2.39. The molecule has 2 aromatic carbocycles. The van der Waals surface area contributed by atoms with Gasteiger partial charge < -0.3 is 15.5 Å². The summed E-state index contributed by atoms with van der Waals surface area (Å²) in [5.74, 6) is -0.936. The number of halogens is 1. The maximum Gasteiger partial charge on any atom is 0.337 e. The van der Waals surface area contributed by atoms with Crippen LogP contribution in [0.1, 0.15) is 49.2 Å². The first kappa shape index (κ1) is 24.7. The number of carbonyl (C=O) groups is 1. The van der Waals surface area contributed by atoms with E-state index in [1.54, 1.807) is 13.0 Å². The van der Waals surface area contributed by atoms with Crippen LogP contribution in [0.25, 0.3) is 10.4 Å². The quantitative estimate of drug-likeness (QED) is 0.181. The van der Waals surface area contributed by atoms with Gasteiger partial charge in [0.15, 0.2) is 5.11 Å². The third kappa shape index (κ3) is 5.90. The van der Waals surface area contributed by atoms with Gasteiger partial charge in [-0.2, -0.15) is 5.10 Å². The molecule has 9 heteroatoms. The number of hydrogen-bond donors (Lipinski definition) is 4. The van der Waals surface area contributed by atoms with Crippen LogP contribution in [-0.4, -0.2) is 27.0 Å². The molecule has 0 atom stereocenters. The van der Waals surface area contributed by atoms with Gasteiger partial charge in [0.2, 0.25) is 0 Å². The lowest BCUT2D eigenvalue weighted by atomic mass is 9.86. The van der Waals surface area contributed by atoms with Gasteiger partial charge in [0.05, 0.1) is 26.7 Å². The van der Waals surface area contributed by atoms with Crippen molar-refractivity contribution in [2.24, 2.45) is 5.10 Å². The number of thiophene rings is 1. The fraction of sp³-hybridized carbons (Fsp3) is 0.208. The lowest BCUT2D eigenvalue weighted by Crippen LogP contribution is -2.25. The zero-order chi connectivity index (χ0) is 24.3. The number of rotatable bonds is 5. The number of aromatic hydroxyl groups is 1. The fourth-order valence-corrected chi connectivity index (χ4v) is 4.49. The molecule has 1 heterocycles. The van der Waals surface area contributed by atoms with Crippen molar-refractivity contribution >= 4 is 57.6 Å². The Morgan fingerprint density at radius 3 is 2.36 bits per heavy atom. The number of carboxylic acid groups (broad SMARTS) is 1. The summed E-state index contributed by atoms with van der Waals surface area (Å²) in [6, 6.07) is 12.6. The molecule has 0 unspecified atom stereocenters. The van der Waals surface area contributed by atoms with E-state index in [0.717, 1.165) is 10.4 Å². The van der Waals surface area contributed by atoms with Crippen molar-refractivity contribution in [2.45, 2.75) is 33.1 Å². The molecule has 0 aliphatic heterocycles. The Bertz CT molecular complexity index is 1230. The van der Waals surface area contributed by atoms with E-state index in [1.165, 1.54) is 29.0 Å². The van der Waals surface area contributed by atoms with Crippen molar-refractivity contribution in [3.8, 4) is 16.2 Å². The van der Waals surface area contributed by atoms with Gasteiger partial charge >= 0.3 is 5.97 Å². The van der Waals surface area contributed by atoms with Crippen LogP contribution < -0.4 is 10.7 Å². The molecule has 1 aromatic heterocycles. The van der Waals surface area contributed by atoms with Gasteiger partial charge in [-0.05, 0) is 53.9 Å². The Kier molecular flexibility index (Phi) is 7.41. The van der Waals surface area contributed by atoms with Gasteiger partial charge in [-0.25, -0.2) is 4.79 Å². The van der Waals surface area contributed by atoms with Crippen molar-refractivity contribution in [2.75, 3.05) is 5.32 Å². The Morgan fingerprint density at radius 2 is 1.79 bits per heavy atom. The summed E-state index contributed by atoms with van der Waals surface area (Å²) in [6.07, 6.45) is 0. The Hall–Kier alpha value is -2.94. The van der Waals surface area contributed by atoms with Crippen molar-refractivity contribution in [1.29, 1.82) is 0 Å². The van der Waals surface area contributed by atoms with Gasteiger partial charge in [-0.3, -0.25) is 5.43 Å². The van der Waals surface area contributed by atoms with Crippen LogP contribution in [0.3, 0.4) is 0 Å². The number of hydrogen-bond acceptors (Lipinski definition) is 5. The van der Waals surface area contributed by atoms with Crippen LogP contribution in [0.5, 0.6) is 5.75 Å². The summed E-state index contributed by atoms with van der Waals surface area (Å²) in [6.45, 7) is 8.25. The van der Waals surface area contributed by atoms with Gasteiger partial charge in [-0.1, -0.05) is 56.6 Å². The lowest BCUT2D eigenvalue weighted by molar-refractivity contribution is 0.0697. The molecule has 172 valence electrons. The molecule has 0 saturated heterocycles. The van der Waals surface area contributed by atoms with E-state index in [2.05, 4.69) is 48.7 Å². The predicted octanol–water partition coefficient (Wildman–Crippen LogP) is 6.48. The minimum Gasteiger partial charge on any atom is -0.506 e. The Balaban J connectivity index is 1.70. The molecule has 0 aliphatic carbocycles. The van der Waals surface area contributed by atoms with Crippen LogP contribution >= 0.6 is 35.2 Å². The first-order chi connectivity index (χ1) is 15.5. The molecule has 6 nitrogen and oxygen atoms in total. The van der Waals surface area contributed by atoms with Gasteiger partial charge in [-0.15, -0.1) is 11.3 Å². The van der Waals surface area contributed by atoms with Crippen LogP contribution in [0, 0.1) is 0 Å². The number of benzene rings is 2. The van der Waals surface area contributed by atoms with Crippen molar-refractivity contribution < 1.29 is 15.0 Å². The number of nitrogens with one attached hydrogen (secondary N) is 2. The second-order valence-electron chi connectivity index (χ2n) is 8.42. The predicted molar refractivity (Wildman–Crippen MR) is 140 cm³/mol. The van der Waals surface area contributed by atoms with Crippen LogP contribution in [0.15, 0.2) is 52.9 Å². The second kappa shape index (κ2) is 9.91. The summed E-state index contributed by atoms with van der Waals surface area (Å²) in [7, 11) is 0. The molecular formula is C24H24ClN3O3S2. The normalized spacial score (nSPS) is 11.8. The van der Waals surface area contributed by atoms with E-state index in [9.17, 15) is 9.90 Å². The van der Waals surface area contributed by atoms with Gasteiger partial charge in [0, 0.05) is 11.1 Å². The minimum absolute atomic E-state index is 0.00624. The van der Waals surface area contributed by atoms with E-state index >= 15 is 0 Å². The van der Waals surface area contributed by atoms with Gasteiger partial charge in [0.1, 0.15) is 5.75 Å². The van der Waals surface area contributed by atoms with Crippen LogP contribution in [0.2, 0.25) is 5.02 Å². The zero-order valence-electron chi connectivity index (χ0n) is 18.6. The molecule has 0 amide bonds. The molecule has 0 spiro atoms. The van der Waals surface area contributed by atoms with Crippen molar-refractivity contribution in [3.63, 3.8) is 0 Å². The highest BCUT2D eigenvalue weighted by Gasteiger charge is 2.17. The van der Waals surface area contributed by atoms with Crippen LogP contribution in [-0.2, 0) is 5.41 Å². The Morgan fingerprint density at radius 1 is 1.12 bits per heavy atom. The highest BCUT2D eigenvalue weighted by atomic mass is 35.5. The maximum absolute atomic E-state index is 11.1. The first-order valence-electron chi connectivity index (χ1n) is 10.0. The third-order valence-electron chi connectivity index (χ3n) is 4.95. The average Bonchev–Trinajstić information content (AvgIpc) is 3.12. The maximum atomic E-state index is 11.1. The van der Waals surface area contributed by atoms with Crippen molar-refractivity contribution in [1.82, 2.24) is 5.43 Å². The monoisotopic (exact) mass is 501 g/mol. The molecule has 0 bridgehead atoms. The first-order valence-corrected chi connectivity index (χ1v) is 11.7. The summed E-state index contributed by atoms with van der Waals surface area (Å²) < 4.78 is 0. The molecule has 0 aliphatic rings. The molecule has 3 rings (SSSR count). The van der Waals surface area contributed by atoms with E-state index in [0.29, 0.717) is 17.0 Å². The number of hydrazone groups is 1. The molecule has 33 heavy (non-hydrogen) atoms. The average molecular weight is 502 g/mol. The van der Waals surface area contributed by atoms with Crippen molar-refractivity contribution in [3.05, 3.63) is 69.6 Å². The molecule has 4 N–H and O–H groups in total. The third-order valence-corrected chi connectivity index (χ3v) is 6.47. The number of anilines is 1. The molecular weight excluding hydrogens is 478 g/mol. The van der Waals surface area contributed by atoms with E-state index in [4.69, 9.17) is 28.9 Å². The van der Waals surface area contributed by atoms with Crippen LogP contribution in [0.4, 0.5) is 5.69 Å². The summed E-state index contributed by atoms with van der Waals surface area (Å²) >= 11 is 12.7. The lowest BCUT2D eigenvalue weighted by Gasteiger charge is -2.19. The van der Waals surface area contributed by atoms with Gasteiger partial charge in [0.25, 0.3) is 0 Å². The van der Waals surface area contributed by atoms with E-state index in [-0.39, 0.29) is 26.9 Å². The molecule has 0 radical (unpaired) electrons. The topological polar surface area (TPSA) is 94.0 Å². The number of carboxylic acids is 1. The number of nitrogens with zero attached hydrogens (tertiary/aromatic N) is 1. The number of thiocarbonyl (C=S) groups is 1. The molecule has 0 fully saturated rings. The fourth-order valence-electron chi connectivity index (χ4n) is 3.05. The highest BCUT2D eigenvalue weighted by molar-refractivity contribution is 7.80. The minimum atomic E-state index is -1.10. The summed E-state index contributed by atoms with van der Waals surface area (Å²) in [5.41, 5.74) is 6.66. The smallest absolute Gasteiger partial charge is 0.337 e. The largest absolute Gasteiger partial charge is 0.506 e. The van der Waals surface area contributed by atoms with E-state index < -0.39 is 5.97 Å². The SMILES string of the molecule is C/C(=N\NC(=S)Nc1ccc(C(=O)O)c(Cl)c1)c1csc(-c2ccc(C(C)(C)C)cc2)c1O. The number of aromatic carboxylic acids is 1. The second-order valence-corrected chi connectivity index (χ2v) is 10.1. The zero-order valence-corrected chi connectivity index (χ0v) is 21.0. The standard InChI is InChI=1S/C24H24ClN3O3S2/c1-13(27-28-23(32)26-16-9-10-17(22(30)31)19(25)11-16)18-12-33-21(20(18)29)14-5-7-15(8-6-14)24(2,3)4/h5-12,29H,1-4H3,(H,30,31)(H2,26,28,32)/b27-13+.